The SMILES string of the molecule is CC(=O)c1c(O)c(C)c(O)c2c1OC1=CC(=O)/C(=C(/C)NCc3csc(-c4ccccc4)n3)C(=O)[C@]12C. The molecule has 5 rings (SSSR count). The van der Waals surface area contributed by atoms with Gasteiger partial charge in [0, 0.05) is 28.3 Å². The van der Waals surface area contributed by atoms with Crippen molar-refractivity contribution < 1.29 is 29.3 Å². The highest BCUT2D eigenvalue weighted by Gasteiger charge is 2.56. The van der Waals surface area contributed by atoms with Gasteiger partial charge in [-0.05, 0) is 27.7 Å². The van der Waals surface area contributed by atoms with E-state index in [1.54, 1.807) is 13.8 Å². The number of fused-ring (bicyclic) bond motifs is 3. The van der Waals surface area contributed by atoms with Gasteiger partial charge in [0.15, 0.2) is 17.3 Å². The van der Waals surface area contributed by atoms with Crippen LogP contribution in [0.15, 0.2) is 58.8 Å². The van der Waals surface area contributed by atoms with Gasteiger partial charge in [-0.15, -0.1) is 11.3 Å². The molecular formula is C28H24N2O6S. The molecule has 0 bridgehead atoms. The molecule has 8 nitrogen and oxygen atoms in total. The van der Waals surface area contributed by atoms with E-state index in [1.165, 1.54) is 31.3 Å². The maximum absolute atomic E-state index is 13.9. The van der Waals surface area contributed by atoms with Gasteiger partial charge >= 0.3 is 0 Å². The molecule has 0 amide bonds. The summed E-state index contributed by atoms with van der Waals surface area (Å²) in [6, 6.07) is 9.77. The zero-order valence-corrected chi connectivity index (χ0v) is 21.4. The lowest BCUT2D eigenvalue weighted by Gasteiger charge is -2.29. The summed E-state index contributed by atoms with van der Waals surface area (Å²) in [5, 5.41) is 27.3. The van der Waals surface area contributed by atoms with Crippen molar-refractivity contribution >= 4 is 28.7 Å². The number of carbonyl (C=O) groups excluding carboxylic acids is 3. The van der Waals surface area contributed by atoms with E-state index in [4.69, 9.17) is 4.74 Å². The number of thiazole rings is 1. The first-order chi connectivity index (χ1) is 17.6. The van der Waals surface area contributed by atoms with E-state index < -0.39 is 28.5 Å². The smallest absolute Gasteiger partial charge is 0.194 e. The van der Waals surface area contributed by atoms with E-state index in [1.807, 2.05) is 35.7 Å². The van der Waals surface area contributed by atoms with Gasteiger partial charge in [-0.25, -0.2) is 4.98 Å². The van der Waals surface area contributed by atoms with E-state index >= 15 is 0 Å². The second kappa shape index (κ2) is 8.70. The summed E-state index contributed by atoms with van der Waals surface area (Å²) in [6.45, 7) is 6.17. The predicted molar refractivity (Wildman–Crippen MR) is 138 cm³/mol. The number of ether oxygens (including phenoxy) is 1. The maximum Gasteiger partial charge on any atom is 0.194 e. The highest BCUT2D eigenvalue weighted by Crippen LogP contribution is 2.57. The molecule has 9 heteroatoms. The van der Waals surface area contributed by atoms with Crippen LogP contribution in [0.5, 0.6) is 17.2 Å². The summed E-state index contributed by atoms with van der Waals surface area (Å²) < 4.78 is 5.79. The number of nitrogens with zero attached hydrogens (tertiary/aromatic N) is 1. The van der Waals surface area contributed by atoms with E-state index in [2.05, 4.69) is 10.3 Å². The van der Waals surface area contributed by atoms with Gasteiger partial charge < -0.3 is 20.3 Å². The van der Waals surface area contributed by atoms with Crippen molar-refractivity contribution in [1.29, 1.82) is 0 Å². The molecule has 0 saturated carbocycles. The van der Waals surface area contributed by atoms with Crippen LogP contribution in [0.1, 0.15) is 48.0 Å². The molecule has 1 aromatic heterocycles. The minimum absolute atomic E-state index is 0.00357. The summed E-state index contributed by atoms with van der Waals surface area (Å²) in [5.41, 5.74) is 0.475. The molecule has 1 atom stereocenters. The van der Waals surface area contributed by atoms with Crippen molar-refractivity contribution in [2.24, 2.45) is 0 Å². The number of aromatic hydroxyl groups is 2. The third-order valence-electron chi connectivity index (χ3n) is 6.87. The molecule has 1 aliphatic heterocycles. The molecule has 3 aromatic rings. The topological polar surface area (TPSA) is 126 Å². The van der Waals surface area contributed by atoms with Crippen molar-refractivity contribution in [3.8, 4) is 27.8 Å². The molecule has 0 spiro atoms. The lowest BCUT2D eigenvalue weighted by Crippen LogP contribution is -2.41. The zero-order chi connectivity index (χ0) is 26.6. The third kappa shape index (κ3) is 3.65. The Morgan fingerprint density at radius 3 is 2.51 bits per heavy atom. The van der Waals surface area contributed by atoms with Gasteiger partial charge in [-0.2, -0.15) is 0 Å². The first-order valence-corrected chi connectivity index (χ1v) is 12.5. The molecule has 37 heavy (non-hydrogen) atoms. The minimum atomic E-state index is -1.55. The number of Topliss-reactive ketones (excluding diaryl/α,β-unsaturated/α-hetero) is 2. The molecule has 2 aliphatic rings. The standard InChI is InChI=1S/C28H24N2O6S/c1-13-23(33)21(15(3)31)25-22(24(13)34)28(4)19(36-25)10-18(32)20(26(28)35)14(2)29-11-17-12-37-27(30-17)16-8-6-5-7-9-16/h5-10,12,29,33-34H,11H2,1-4H3/b20-14+/t28-/m1/s1. The number of rotatable bonds is 5. The van der Waals surface area contributed by atoms with Crippen LogP contribution >= 0.6 is 11.3 Å². The minimum Gasteiger partial charge on any atom is -0.507 e. The first-order valence-electron chi connectivity index (χ1n) is 11.6. The molecule has 3 N–H and O–H groups in total. The average Bonchev–Trinajstić information content (AvgIpc) is 3.45. The van der Waals surface area contributed by atoms with Crippen molar-refractivity contribution in [1.82, 2.24) is 10.3 Å². The number of nitrogens with one attached hydrogen (secondary N) is 1. The molecular weight excluding hydrogens is 492 g/mol. The normalized spacial score (nSPS) is 19.6. The second-order valence-electron chi connectivity index (χ2n) is 9.25. The second-order valence-corrected chi connectivity index (χ2v) is 10.1. The molecule has 0 radical (unpaired) electrons. The van der Waals surface area contributed by atoms with E-state index in [0.29, 0.717) is 12.2 Å². The van der Waals surface area contributed by atoms with Crippen LogP contribution in [-0.4, -0.2) is 32.5 Å². The number of hydrogen-bond donors (Lipinski definition) is 3. The summed E-state index contributed by atoms with van der Waals surface area (Å²) in [5.74, 6) is -2.50. The zero-order valence-electron chi connectivity index (χ0n) is 20.6. The summed E-state index contributed by atoms with van der Waals surface area (Å²) >= 11 is 1.50. The number of phenolic OH excluding ortho intramolecular Hbond substituents is 2. The predicted octanol–water partition coefficient (Wildman–Crippen LogP) is 4.48. The summed E-state index contributed by atoms with van der Waals surface area (Å²) in [7, 11) is 0. The van der Waals surface area contributed by atoms with Gasteiger partial charge in [0.2, 0.25) is 0 Å². The Labute approximate surface area is 216 Å². The van der Waals surface area contributed by atoms with Crippen LogP contribution in [-0.2, 0) is 21.5 Å². The van der Waals surface area contributed by atoms with Crippen molar-refractivity contribution in [2.45, 2.75) is 39.7 Å². The third-order valence-corrected chi connectivity index (χ3v) is 7.81. The summed E-state index contributed by atoms with van der Waals surface area (Å²) in [4.78, 5) is 43.9. The molecule has 0 unspecified atom stereocenters. The van der Waals surface area contributed by atoms with Gasteiger partial charge in [0.25, 0.3) is 0 Å². The Morgan fingerprint density at radius 2 is 1.84 bits per heavy atom. The fraction of sp³-hybridized carbons (Fsp3) is 0.214. The lowest BCUT2D eigenvalue weighted by atomic mass is 9.70. The largest absolute Gasteiger partial charge is 0.507 e. The molecule has 0 saturated heterocycles. The van der Waals surface area contributed by atoms with E-state index in [9.17, 15) is 24.6 Å². The van der Waals surface area contributed by atoms with Gasteiger partial charge in [0.05, 0.1) is 23.4 Å². The number of allylic oxidation sites excluding steroid dienone is 4. The van der Waals surface area contributed by atoms with Crippen LogP contribution in [0.4, 0.5) is 0 Å². The van der Waals surface area contributed by atoms with Crippen LogP contribution in [0.25, 0.3) is 10.6 Å². The highest BCUT2D eigenvalue weighted by molar-refractivity contribution is 7.13. The van der Waals surface area contributed by atoms with E-state index in [-0.39, 0.29) is 39.5 Å². The number of phenols is 2. The number of hydrogen-bond acceptors (Lipinski definition) is 9. The Hall–Kier alpha value is -4.24. The fourth-order valence-corrected chi connectivity index (χ4v) is 5.60. The van der Waals surface area contributed by atoms with Crippen LogP contribution in [0.3, 0.4) is 0 Å². The summed E-state index contributed by atoms with van der Waals surface area (Å²) in [6.07, 6.45) is 1.20. The monoisotopic (exact) mass is 516 g/mol. The Balaban J connectivity index is 1.51. The molecule has 2 heterocycles. The van der Waals surface area contributed by atoms with Gasteiger partial charge in [-0.3, -0.25) is 14.4 Å². The maximum atomic E-state index is 13.9. The van der Waals surface area contributed by atoms with Crippen molar-refractivity contribution in [2.75, 3.05) is 0 Å². The first kappa shape index (κ1) is 24.5. The van der Waals surface area contributed by atoms with E-state index in [0.717, 1.165) is 16.3 Å². The Morgan fingerprint density at radius 1 is 1.14 bits per heavy atom. The molecule has 188 valence electrons. The molecule has 2 aromatic carbocycles. The highest BCUT2D eigenvalue weighted by atomic mass is 32.1. The number of ketones is 3. The Kier molecular flexibility index (Phi) is 5.75. The van der Waals surface area contributed by atoms with Crippen LogP contribution in [0, 0.1) is 6.92 Å². The van der Waals surface area contributed by atoms with Crippen molar-refractivity contribution in [3.63, 3.8) is 0 Å². The van der Waals surface area contributed by atoms with Crippen LogP contribution in [0.2, 0.25) is 0 Å². The molecule has 0 fully saturated rings. The lowest BCUT2D eigenvalue weighted by molar-refractivity contribution is -0.123. The van der Waals surface area contributed by atoms with Gasteiger partial charge in [-0.1, -0.05) is 30.3 Å². The van der Waals surface area contributed by atoms with Crippen molar-refractivity contribution in [3.05, 3.63) is 81.2 Å². The quantitative estimate of drug-likeness (QED) is 0.257. The number of carbonyl (C=O) groups is 3. The Bertz CT molecular complexity index is 1570. The molecule has 1 aliphatic carbocycles. The van der Waals surface area contributed by atoms with Gasteiger partial charge in [0.1, 0.15) is 39.0 Å². The number of benzene rings is 2. The average molecular weight is 517 g/mol. The number of aromatic nitrogens is 1. The van der Waals surface area contributed by atoms with Crippen LogP contribution < -0.4 is 10.1 Å². The fourth-order valence-electron chi connectivity index (χ4n) is 4.78.